The van der Waals surface area contributed by atoms with Crippen LogP contribution in [0.15, 0.2) is 84.2 Å². The zero-order valence-electron chi connectivity index (χ0n) is 16.7. The Morgan fingerprint density at radius 3 is 2.58 bits per heavy atom. The SMILES string of the molecule is Nc1nc(NCc2ccccc2)ccc1C(=O)NC(c1cccc(O)c1)c1cccs1. The Morgan fingerprint density at radius 2 is 1.87 bits per heavy atom. The molecule has 2 aromatic carbocycles. The van der Waals surface area contributed by atoms with Crippen LogP contribution in [0.3, 0.4) is 0 Å². The van der Waals surface area contributed by atoms with E-state index < -0.39 is 6.04 Å². The number of aromatic nitrogens is 1. The highest BCUT2D eigenvalue weighted by Crippen LogP contribution is 2.29. The summed E-state index contributed by atoms with van der Waals surface area (Å²) in [5.74, 6) is 0.557. The second-order valence-corrected chi connectivity index (χ2v) is 7.96. The maximum atomic E-state index is 13.0. The number of aromatic hydroxyl groups is 1. The first-order valence-electron chi connectivity index (χ1n) is 9.77. The molecule has 7 heteroatoms. The lowest BCUT2D eigenvalue weighted by Gasteiger charge is -2.19. The number of anilines is 2. The normalized spacial score (nSPS) is 11.6. The first-order chi connectivity index (χ1) is 15.1. The van der Waals surface area contributed by atoms with Crippen molar-refractivity contribution in [1.29, 1.82) is 0 Å². The standard InChI is InChI=1S/C24H22N4O2S/c25-23-19(11-12-21(27-23)26-15-16-6-2-1-3-7-16)24(30)28-22(20-10-5-13-31-20)17-8-4-9-18(29)14-17/h1-14,22,29H,15H2,(H,28,30)(H3,25,26,27). The maximum absolute atomic E-state index is 13.0. The molecule has 156 valence electrons. The van der Waals surface area contributed by atoms with E-state index in [0.717, 1.165) is 16.0 Å². The van der Waals surface area contributed by atoms with Gasteiger partial charge in [-0.1, -0.05) is 48.5 Å². The van der Waals surface area contributed by atoms with Crippen LogP contribution in [-0.2, 0) is 6.54 Å². The number of nitrogen functional groups attached to an aromatic ring is 1. The Morgan fingerprint density at radius 1 is 1.03 bits per heavy atom. The number of phenols is 1. The molecule has 0 aliphatic rings. The molecule has 1 unspecified atom stereocenters. The lowest BCUT2D eigenvalue weighted by Crippen LogP contribution is -2.29. The Labute approximate surface area is 184 Å². The van der Waals surface area contributed by atoms with E-state index in [-0.39, 0.29) is 17.5 Å². The fourth-order valence-corrected chi connectivity index (χ4v) is 4.04. The predicted molar refractivity (Wildman–Crippen MR) is 124 cm³/mol. The molecule has 1 atom stereocenters. The van der Waals surface area contributed by atoms with Crippen molar-refractivity contribution >= 4 is 28.9 Å². The van der Waals surface area contributed by atoms with Gasteiger partial charge in [-0.05, 0) is 46.8 Å². The van der Waals surface area contributed by atoms with Gasteiger partial charge in [-0.15, -0.1) is 11.3 Å². The van der Waals surface area contributed by atoms with E-state index in [4.69, 9.17) is 5.73 Å². The average Bonchev–Trinajstić information content (AvgIpc) is 3.31. The molecule has 0 aliphatic heterocycles. The van der Waals surface area contributed by atoms with Gasteiger partial charge in [0.25, 0.3) is 5.91 Å². The number of nitrogens with one attached hydrogen (secondary N) is 2. The van der Waals surface area contributed by atoms with Crippen molar-refractivity contribution in [2.45, 2.75) is 12.6 Å². The van der Waals surface area contributed by atoms with Crippen LogP contribution in [0, 0.1) is 0 Å². The number of hydrogen-bond acceptors (Lipinski definition) is 6. The lowest BCUT2D eigenvalue weighted by atomic mass is 10.0. The van der Waals surface area contributed by atoms with Crippen LogP contribution in [0.25, 0.3) is 0 Å². The molecule has 5 N–H and O–H groups in total. The zero-order valence-corrected chi connectivity index (χ0v) is 17.5. The summed E-state index contributed by atoms with van der Waals surface area (Å²) < 4.78 is 0. The van der Waals surface area contributed by atoms with Gasteiger partial charge in [0.2, 0.25) is 0 Å². The van der Waals surface area contributed by atoms with Crippen molar-refractivity contribution in [3.63, 3.8) is 0 Å². The van der Waals surface area contributed by atoms with Gasteiger partial charge in [-0.2, -0.15) is 0 Å². The highest BCUT2D eigenvalue weighted by Gasteiger charge is 2.21. The van der Waals surface area contributed by atoms with Crippen molar-refractivity contribution in [3.05, 3.63) is 106 Å². The van der Waals surface area contributed by atoms with Crippen LogP contribution >= 0.6 is 11.3 Å². The third-order valence-electron chi connectivity index (χ3n) is 4.79. The van der Waals surface area contributed by atoms with Gasteiger partial charge in [0, 0.05) is 11.4 Å². The molecule has 0 bridgehead atoms. The molecule has 0 radical (unpaired) electrons. The van der Waals surface area contributed by atoms with Crippen molar-refractivity contribution in [1.82, 2.24) is 10.3 Å². The van der Waals surface area contributed by atoms with Gasteiger partial charge >= 0.3 is 0 Å². The van der Waals surface area contributed by atoms with E-state index in [2.05, 4.69) is 15.6 Å². The molecular formula is C24H22N4O2S. The van der Waals surface area contributed by atoms with Crippen molar-refractivity contribution in [2.75, 3.05) is 11.1 Å². The van der Waals surface area contributed by atoms with Gasteiger partial charge in [-0.25, -0.2) is 4.98 Å². The summed E-state index contributed by atoms with van der Waals surface area (Å²) in [5, 5.41) is 18.0. The molecule has 0 fully saturated rings. The number of rotatable bonds is 7. The molecule has 2 heterocycles. The number of hydrogen-bond donors (Lipinski definition) is 4. The van der Waals surface area contributed by atoms with E-state index in [1.54, 1.807) is 30.3 Å². The number of amides is 1. The van der Waals surface area contributed by atoms with Crippen LogP contribution in [-0.4, -0.2) is 16.0 Å². The van der Waals surface area contributed by atoms with E-state index in [9.17, 15) is 9.90 Å². The molecule has 6 nitrogen and oxygen atoms in total. The number of phenolic OH excluding ortho intramolecular Hbond substituents is 1. The summed E-state index contributed by atoms with van der Waals surface area (Å²) in [6, 6.07) is 23.7. The Hall–Kier alpha value is -3.84. The summed E-state index contributed by atoms with van der Waals surface area (Å²) in [6.07, 6.45) is 0. The van der Waals surface area contributed by atoms with Crippen LogP contribution in [0.5, 0.6) is 5.75 Å². The fourth-order valence-electron chi connectivity index (χ4n) is 3.24. The third kappa shape index (κ3) is 5.02. The van der Waals surface area contributed by atoms with Crippen LogP contribution < -0.4 is 16.4 Å². The van der Waals surface area contributed by atoms with Gasteiger partial charge in [0.15, 0.2) is 0 Å². The number of pyridine rings is 1. The van der Waals surface area contributed by atoms with E-state index in [1.165, 1.54) is 11.3 Å². The molecule has 0 spiro atoms. The largest absolute Gasteiger partial charge is 0.508 e. The molecule has 4 rings (SSSR count). The number of thiophene rings is 1. The summed E-state index contributed by atoms with van der Waals surface area (Å²) in [4.78, 5) is 18.3. The summed E-state index contributed by atoms with van der Waals surface area (Å²) in [7, 11) is 0. The lowest BCUT2D eigenvalue weighted by molar-refractivity contribution is 0.0944. The van der Waals surface area contributed by atoms with E-state index in [0.29, 0.717) is 17.9 Å². The second kappa shape index (κ2) is 9.32. The fraction of sp³-hybridized carbons (Fsp3) is 0.0833. The molecule has 0 saturated carbocycles. The molecule has 0 aliphatic carbocycles. The van der Waals surface area contributed by atoms with Gasteiger partial charge in [0.05, 0.1) is 11.6 Å². The van der Waals surface area contributed by atoms with Gasteiger partial charge in [-0.3, -0.25) is 4.79 Å². The van der Waals surface area contributed by atoms with E-state index >= 15 is 0 Å². The summed E-state index contributed by atoms with van der Waals surface area (Å²) in [6.45, 7) is 0.608. The number of benzene rings is 2. The first-order valence-corrected chi connectivity index (χ1v) is 10.7. The van der Waals surface area contributed by atoms with Gasteiger partial charge in [0.1, 0.15) is 17.4 Å². The minimum absolute atomic E-state index is 0.142. The minimum atomic E-state index is -0.408. The quantitative estimate of drug-likeness (QED) is 0.344. The Balaban J connectivity index is 1.51. The molecule has 2 aromatic heterocycles. The average molecular weight is 431 g/mol. The van der Waals surface area contributed by atoms with Gasteiger partial charge < -0.3 is 21.5 Å². The molecule has 0 saturated heterocycles. The summed E-state index contributed by atoms with van der Waals surface area (Å²) in [5.41, 5.74) is 8.30. The van der Waals surface area contributed by atoms with Crippen molar-refractivity contribution < 1.29 is 9.90 Å². The molecule has 31 heavy (non-hydrogen) atoms. The topological polar surface area (TPSA) is 100 Å². The second-order valence-electron chi connectivity index (χ2n) is 6.99. The maximum Gasteiger partial charge on any atom is 0.255 e. The van der Waals surface area contributed by atoms with Crippen molar-refractivity contribution in [2.24, 2.45) is 0 Å². The monoisotopic (exact) mass is 430 g/mol. The zero-order chi connectivity index (χ0) is 21.6. The number of carbonyl (C=O) groups excluding carboxylic acids is 1. The molecule has 1 amide bonds. The van der Waals surface area contributed by atoms with Crippen LogP contribution in [0.4, 0.5) is 11.6 Å². The van der Waals surface area contributed by atoms with Crippen LogP contribution in [0.2, 0.25) is 0 Å². The Bertz CT molecular complexity index is 1160. The Kier molecular flexibility index (Phi) is 6.14. The first kappa shape index (κ1) is 20.4. The third-order valence-corrected chi connectivity index (χ3v) is 5.73. The number of nitrogens with two attached hydrogens (primary N) is 1. The van der Waals surface area contributed by atoms with Crippen LogP contribution in [0.1, 0.15) is 32.4 Å². The highest BCUT2D eigenvalue weighted by molar-refractivity contribution is 7.10. The summed E-state index contributed by atoms with van der Waals surface area (Å²) >= 11 is 1.53. The minimum Gasteiger partial charge on any atom is -0.508 e. The molecular weight excluding hydrogens is 408 g/mol. The van der Waals surface area contributed by atoms with Crippen molar-refractivity contribution in [3.8, 4) is 5.75 Å². The number of nitrogens with zero attached hydrogens (tertiary/aromatic N) is 1. The number of carbonyl (C=O) groups is 1. The smallest absolute Gasteiger partial charge is 0.255 e. The highest BCUT2D eigenvalue weighted by atomic mass is 32.1. The van der Waals surface area contributed by atoms with E-state index in [1.807, 2.05) is 53.9 Å². The predicted octanol–water partition coefficient (Wildman–Crippen LogP) is 4.56. The molecule has 4 aromatic rings.